The number of rotatable bonds is 6. The zero-order valence-electron chi connectivity index (χ0n) is 16.2. The molecule has 0 amide bonds. The van der Waals surface area contributed by atoms with E-state index in [1.54, 1.807) is 6.08 Å². The van der Waals surface area contributed by atoms with Gasteiger partial charge in [-0.3, -0.25) is 4.79 Å². The van der Waals surface area contributed by atoms with Gasteiger partial charge in [-0.2, -0.15) is 0 Å². The van der Waals surface area contributed by atoms with Crippen molar-refractivity contribution in [2.24, 2.45) is 5.92 Å². The fourth-order valence-electron chi connectivity index (χ4n) is 3.51. The zero-order valence-corrected chi connectivity index (χ0v) is 17.0. The third kappa shape index (κ3) is 5.65. The first-order valence-electron chi connectivity index (χ1n) is 9.57. The van der Waals surface area contributed by atoms with Crippen molar-refractivity contribution in [3.8, 4) is 0 Å². The van der Waals surface area contributed by atoms with Gasteiger partial charge in [0.15, 0.2) is 5.78 Å². The Balaban J connectivity index is 0.00000280. The van der Waals surface area contributed by atoms with Crippen molar-refractivity contribution >= 4 is 30.3 Å². The highest BCUT2D eigenvalue weighted by molar-refractivity contribution is 5.96. The Morgan fingerprint density at radius 1 is 1.07 bits per heavy atom. The van der Waals surface area contributed by atoms with E-state index in [1.165, 1.54) is 0 Å². The molecular weight excluding hydrogens is 370 g/mol. The van der Waals surface area contributed by atoms with Crippen LogP contribution in [0.2, 0.25) is 0 Å². The Hall–Kier alpha value is -2.20. The second kappa shape index (κ2) is 10.4. The van der Waals surface area contributed by atoms with Crippen molar-refractivity contribution in [3.05, 3.63) is 83.9 Å². The number of nitrogens with zero attached hydrogens (tertiary/aromatic N) is 1. The largest absolute Gasteiger partial charge is 0.385 e. The minimum absolute atomic E-state index is 0. The zero-order chi connectivity index (χ0) is 19.1. The number of hydrogen-bond donors (Lipinski definition) is 1. The second-order valence-corrected chi connectivity index (χ2v) is 7.08. The van der Waals surface area contributed by atoms with Crippen molar-refractivity contribution in [3.63, 3.8) is 0 Å². The first kappa shape index (κ1) is 22.1. The van der Waals surface area contributed by atoms with Crippen molar-refractivity contribution < 1.29 is 9.90 Å². The maximum atomic E-state index is 13.0. The Labute approximate surface area is 173 Å². The molecule has 1 aliphatic rings. The number of aliphatic hydroxyl groups is 1. The van der Waals surface area contributed by atoms with Gasteiger partial charge in [0.05, 0.1) is 11.5 Å². The maximum absolute atomic E-state index is 13.0. The summed E-state index contributed by atoms with van der Waals surface area (Å²) in [5.74, 6) is -0.497. The average Bonchev–Trinajstić information content (AvgIpc) is 2.72. The smallest absolute Gasteiger partial charge is 0.163 e. The minimum atomic E-state index is -1.13. The van der Waals surface area contributed by atoms with E-state index < -0.39 is 11.5 Å². The van der Waals surface area contributed by atoms with Gasteiger partial charge < -0.3 is 10.0 Å². The average molecular weight is 398 g/mol. The van der Waals surface area contributed by atoms with E-state index in [2.05, 4.69) is 11.8 Å². The molecule has 0 saturated carbocycles. The monoisotopic (exact) mass is 397 g/mol. The molecule has 0 spiro atoms. The van der Waals surface area contributed by atoms with Crippen LogP contribution in [0.3, 0.4) is 0 Å². The number of benzene rings is 2. The highest BCUT2D eigenvalue weighted by atomic mass is 35.5. The topological polar surface area (TPSA) is 40.5 Å². The molecule has 0 aliphatic carbocycles. The molecular formula is C24H28ClNO2. The first-order valence-corrected chi connectivity index (χ1v) is 9.57. The van der Waals surface area contributed by atoms with E-state index in [4.69, 9.17) is 0 Å². The van der Waals surface area contributed by atoms with Crippen LogP contribution in [0.1, 0.15) is 24.5 Å². The third-order valence-corrected chi connectivity index (χ3v) is 5.27. The number of ketones is 1. The van der Waals surface area contributed by atoms with Crippen LogP contribution in [0.15, 0.2) is 72.8 Å². The van der Waals surface area contributed by atoms with E-state index in [9.17, 15) is 9.90 Å². The molecule has 1 heterocycles. The summed E-state index contributed by atoms with van der Waals surface area (Å²) < 4.78 is 0. The van der Waals surface area contributed by atoms with Crippen LogP contribution in [0, 0.1) is 5.92 Å². The molecule has 3 rings (SSSR count). The summed E-state index contributed by atoms with van der Waals surface area (Å²) in [6.07, 6.45) is 7.73. The molecule has 2 aromatic carbocycles. The van der Waals surface area contributed by atoms with Crippen molar-refractivity contribution in [1.82, 2.24) is 4.90 Å². The molecule has 2 aromatic rings. The van der Waals surface area contributed by atoms with Crippen LogP contribution in [0.5, 0.6) is 0 Å². The molecule has 1 N–H and O–H groups in total. The van der Waals surface area contributed by atoms with Gasteiger partial charge in [-0.1, -0.05) is 85.8 Å². The Morgan fingerprint density at radius 2 is 1.64 bits per heavy atom. The van der Waals surface area contributed by atoms with Crippen LogP contribution < -0.4 is 0 Å². The molecule has 0 unspecified atom stereocenters. The number of carbonyl (C=O) groups is 1. The predicted octanol–water partition coefficient (Wildman–Crippen LogP) is 4.48. The van der Waals surface area contributed by atoms with E-state index >= 15 is 0 Å². The van der Waals surface area contributed by atoms with Crippen molar-refractivity contribution in [1.29, 1.82) is 0 Å². The van der Waals surface area contributed by atoms with Crippen LogP contribution >= 0.6 is 12.4 Å². The fourth-order valence-corrected chi connectivity index (χ4v) is 3.51. The van der Waals surface area contributed by atoms with Crippen LogP contribution in [0.4, 0.5) is 0 Å². The van der Waals surface area contributed by atoms with E-state index in [0.29, 0.717) is 13.0 Å². The van der Waals surface area contributed by atoms with Gasteiger partial charge in [0.2, 0.25) is 0 Å². The van der Waals surface area contributed by atoms with Crippen molar-refractivity contribution in [2.45, 2.75) is 18.9 Å². The maximum Gasteiger partial charge on any atom is 0.163 e. The molecule has 0 radical (unpaired) electrons. The standard InChI is InChI=1S/C24H27NO2.ClH/c1-2-25-18-17-24(27,16-15-21-11-7-4-8-12-21)22(19-25)23(26)14-13-20-9-5-3-6-10-20;/h3-16,22,27H,2,17-19H2,1H3;1H/b14-13+,16-15+;/t22-,24-;/m0./s1. The summed E-state index contributed by atoms with van der Waals surface area (Å²) in [6.45, 7) is 4.33. The number of piperidine rings is 1. The molecule has 0 bridgehead atoms. The number of carbonyl (C=O) groups excluding carboxylic acids is 1. The lowest BCUT2D eigenvalue weighted by Crippen LogP contribution is -2.53. The van der Waals surface area contributed by atoms with E-state index in [1.807, 2.05) is 78.9 Å². The Kier molecular flexibility index (Phi) is 8.18. The highest BCUT2D eigenvalue weighted by Crippen LogP contribution is 2.31. The number of halogens is 1. The number of likely N-dealkylation sites (tertiary alicyclic amines) is 1. The molecule has 28 heavy (non-hydrogen) atoms. The van der Waals surface area contributed by atoms with Gasteiger partial charge in [-0.05, 0) is 30.2 Å². The summed E-state index contributed by atoms with van der Waals surface area (Å²) in [7, 11) is 0. The Morgan fingerprint density at radius 3 is 2.21 bits per heavy atom. The summed E-state index contributed by atoms with van der Waals surface area (Å²) >= 11 is 0. The molecule has 148 valence electrons. The lowest BCUT2D eigenvalue weighted by atomic mass is 9.77. The molecule has 2 atom stereocenters. The van der Waals surface area contributed by atoms with Gasteiger partial charge in [-0.15, -0.1) is 12.4 Å². The quantitative estimate of drug-likeness (QED) is 0.731. The summed E-state index contributed by atoms with van der Waals surface area (Å²) in [4.78, 5) is 15.2. The van der Waals surface area contributed by atoms with Gasteiger partial charge >= 0.3 is 0 Å². The molecule has 1 aliphatic heterocycles. The summed E-state index contributed by atoms with van der Waals surface area (Å²) in [5.41, 5.74) is 0.881. The summed E-state index contributed by atoms with van der Waals surface area (Å²) in [5, 5.41) is 11.3. The van der Waals surface area contributed by atoms with Gasteiger partial charge in [-0.25, -0.2) is 0 Å². The number of allylic oxidation sites excluding steroid dienone is 1. The molecule has 1 fully saturated rings. The van der Waals surface area contributed by atoms with Gasteiger partial charge in [0.25, 0.3) is 0 Å². The molecule has 0 aromatic heterocycles. The van der Waals surface area contributed by atoms with Gasteiger partial charge in [0.1, 0.15) is 0 Å². The second-order valence-electron chi connectivity index (χ2n) is 7.08. The molecule has 4 heteroatoms. The summed E-state index contributed by atoms with van der Waals surface area (Å²) in [6, 6.07) is 19.7. The third-order valence-electron chi connectivity index (χ3n) is 5.27. The van der Waals surface area contributed by atoms with Crippen LogP contribution in [-0.4, -0.2) is 41.0 Å². The number of hydrogen-bond acceptors (Lipinski definition) is 3. The minimum Gasteiger partial charge on any atom is -0.385 e. The van der Waals surface area contributed by atoms with E-state index in [0.717, 1.165) is 24.2 Å². The normalized spacial score (nSPS) is 23.0. The SMILES string of the molecule is CCN1CC[C@@](O)(/C=C/c2ccccc2)[C@H](C(=O)/C=C/c2ccccc2)C1.Cl. The molecule has 1 saturated heterocycles. The predicted molar refractivity (Wildman–Crippen MR) is 118 cm³/mol. The van der Waals surface area contributed by atoms with Gasteiger partial charge in [0, 0.05) is 13.1 Å². The lowest BCUT2D eigenvalue weighted by Gasteiger charge is -2.41. The lowest BCUT2D eigenvalue weighted by molar-refractivity contribution is -0.129. The van der Waals surface area contributed by atoms with Crippen molar-refractivity contribution in [2.75, 3.05) is 19.6 Å². The first-order chi connectivity index (χ1) is 13.1. The Bertz CT molecular complexity index is 804. The van der Waals surface area contributed by atoms with Crippen LogP contribution in [-0.2, 0) is 4.79 Å². The molecule has 3 nitrogen and oxygen atoms in total. The van der Waals surface area contributed by atoms with Crippen LogP contribution in [0.25, 0.3) is 12.2 Å². The fraction of sp³-hybridized carbons (Fsp3) is 0.292. The highest BCUT2D eigenvalue weighted by Gasteiger charge is 2.42. The van der Waals surface area contributed by atoms with E-state index in [-0.39, 0.29) is 18.2 Å².